The predicted molar refractivity (Wildman–Crippen MR) is 101 cm³/mol. The number of rotatable bonds is 5. The number of nitrogens with one attached hydrogen (secondary N) is 2. The maximum absolute atomic E-state index is 5.75. The smallest absolute Gasteiger partial charge is 0.163 e. The molecule has 0 radical (unpaired) electrons. The topological polar surface area (TPSA) is 55.4 Å². The van der Waals surface area contributed by atoms with E-state index in [2.05, 4.69) is 16.7 Å². The standard InChI is InChI=1S/C20H27N3O2/c1-3-25-19-12-17-15(11-18(19)24-2)20(14-5-4-6-16(14)23-17)22-13-7-9-21-10-8-13/h11-13,21H,3-10H2,1-2H3,(H,22,23). The van der Waals surface area contributed by atoms with E-state index in [1.54, 1.807) is 7.11 Å². The van der Waals surface area contributed by atoms with Gasteiger partial charge in [0.25, 0.3) is 0 Å². The Bertz CT molecular complexity index is 769. The highest BCUT2D eigenvalue weighted by Gasteiger charge is 2.23. The zero-order valence-corrected chi connectivity index (χ0v) is 15.2. The number of benzene rings is 1. The number of hydrogen-bond acceptors (Lipinski definition) is 5. The van der Waals surface area contributed by atoms with Crippen molar-refractivity contribution in [2.45, 2.75) is 45.1 Å². The van der Waals surface area contributed by atoms with Crippen LogP contribution in [0, 0.1) is 0 Å². The molecule has 2 aliphatic rings. The molecule has 5 heteroatoms. The summed E-state index contributed by atoms with van der Waals surface area (Å²) >= 11 is 0. The molecule has 1 aromatic carbocycles. The average molecular weight is 341 g/mol. The second-order valence-corrected chi connectivity index (χ2v) is 6.89. The first kappa shape index (κ1) is 16.5. The molecule has 0 saturated carbocycles. The summed E-state index contributed by atoms with van der Waals surface area (Å²) in [4.78, 5) is 4.94. The number of nitrogens with zero attached hydrogens (tertiary/aromatic N) is 1. The van der Waals surface area contributed by atoms with E-state index >= 15 is 0 Å². The van der Waals surface area contributed by atoms with Crippen LogP contribution in [-0.4, -0.2) is 37.8 Å². The fourth-order valence-corrected chi connectivity index (χ4v) is 4.03. The summed E-state index contributed by atoms with van der Waals surface area (Å²) in [6.45, 7) is 4.78. The first-order chi connectivity index (χ1) is 12.3. The molecule has 0 atom stereocenters. The second kappa shape index (κ2) is 7.08. The number of methoxy groups -OCH3 is 1. The summed E-state index contributed by atoms with van der Waals surface area (Å²) < 4.78 is 11.3. The van der Waals surface area contributed by atoms with E-state index < -0.39 is 0 Å². The van der Waals surface area contributed by atoms with E-state index in [9.17, 15) is 0 Å². The Labute approximate surface area is 149 Å². The number of anilines is 1. The molecule has 4 rings (SSSR count). The van der Waals surface area contributed by atoms with Crippen molar-refractivity contribution in [2.75, 3.05) is 32.1 Å². The van der Waals surface area contributed by atoms with Gasteiger partial charge in [0.05, 0.1) is 19.2 Å². The summed E-state index contributed by atoms with van der Waals surface area (Å²) in [6.07, 6.45) is 5.69. The number of hydrogen-bond donors (Lipinski definition) is 2. The third kappa shape index (κ3) is 3.13. The number of aromatic nitrogens is 1. The zero-order valence-electron chi connectivity index (χ0n) is 15.2. The fourth-order valence-electron chi connectivity index (χ4n) is 4.03. The highest BCUT2D eigenvalue weighted by molar-refractivity contribution is 5.96. The van der Waals surface area contributed by atoms with Gasteiger partial charge in [0.15, 0.2) is 11.5 Å². The molecule has 2 aromatic rings. The quantitative estimate of drug-likeness (QED) is 0.874. The second-order valence-electron chi connectivity index (χ2n) is 6.89. The summed E-state index contributed by atoms with van der Waals surface area (Å²) in [6, 6.07) is 4.65. The van der Waals surface area contributed by atoms with E-state index in [0.717, 1.165) is 61.2 Å². The van der Waals surface area contributed by atoms with Gasteiger partial charge in [-0.05, 0) is 63.7 Å². The van der Waals surface area contributed by atoms with Crippen molar-refractivity contribution < 1.29 is 9.47 Å². The minimum absolute atomic E-state index is 0.522. The molecule has 2 N–H and O–H groups in total. The molecule has 1 fully saturated rings. The molecule has 134 valence electrons. The maximum atomic E-state index is 5.75. The van der Waals surface area contributed by atoms with Gasteiger partial charge in [-0.2, -0.15) is 0 Å². The lowest BCUT2D eigenvalue weighted by molar-refractivity contribution is 0.311. The van der Waals surface area contributed by atoms with E-state index in [1.165, 1.54) is 23.4 Å². The molecule has 1 aliphatic carbocycles. The number of fused-ring (bicyclic) bond motifs is 2. The molecule has 0 unspecified atom stereocenters. The van der Waals surface area contributed by atoms with Crippen molar-refractivity contribution in [1.29, 1.82) is 0 Å². The third-order valence-electron chi connectivity index (χ3n) is 5.28. The van der Waals surface area contributed by atoms with Gasteiger partial charge in [-0.15, -0.1) is 0 Å². The molecule has 25 heavy (non-hydrogen) atoms. The summed E-state index contributed by atoms with van der Waals surface area (Å²) in [5, 5.41) is 8.44. The normalized spacial score (nSPS) is 17.5. The van der Waals surface area contributed by atoms with Crippen molar-refractivity contribution >= 4 is 16.6 Å². The van der Waals surface area contributed by atoms with Gasteiger partial charge in [0.2, 0.25) is 0 Å². The van der Waals surface area contributed by atoms with Crippen LogP contribution in [0.25, 0.3) is 10.9 Å². The first-order valence-electron chi connectivity index (χ1n) is 9.43. The van der Waals surface area contributed by atoms with Gasteiger partial charge in [-0.1, -0.05) is 0 Å². The van der Waals surface area contributed by atoms with Crippen molar-refractivity contribution in [2.24, 2.45) is 0 Å². The molecule has 5 nitrogen and oxygen atoms in total. The van der Waals surface area contributed by atoms with Gasteiger partial charge < -0.3 is 20.1 Å². The van der Waals surface area contributed by atoms with Crippen molar-refractivity contribution in [3.8, 4) is 11.5 Å². The molecule has 2 heterocycles. The van der Waals surface area contributed by atoms with Crippen LogP contribution in [0.2, 0.25) is 0 Å². The molecule has 1 aromatic heterocycles. The lowest BCUT2D eigenvalue weighted by Gasteiger charge is -2.27. The van der Waals surface area contributed by atoms with Crippen LogP contribution in [-0.2, 0) is 12.8 Å². The van der Waals surface area contributed by atoms with Crippen LogP contribution in [0.15, 0.2) is 12.1 Å². The lowest BCUT2D eigenvalue weighted by atomic mass is 10.0. The highest BCUT2D eigenvalue weighted by Crippen LogP contribution is 2.40. The van der Waals surface area contributed by atoms with Crippen molar-refractivity contribution in [3.63, 3.8) is 0 Å². The number of ether oxygens (including phenoxy) is 2. The van der Waals surface area contributed by atoms with Crippen LogP contribution in [0.4, 0.5) is 5.69 Å². The molecule has 1 aliphatic heterocycles. The summed E-state index contributed by atoms with van der Waals surface area (Å²) in [5.41, 5.74) is 4.92. The Kier molecular flexibility index (Phi) is 4.66. The Balaban J connectivity index is 1.83. The third-order valence-corrected chi connectivity index (χ3v) is 5.28. The minimum atomic E-state index is 0.522. The van der Waals surface area contributed by atoms with E-state index in [0.29, 0.717) is 12.6 Å². The Morgan fingerprint density at radius 3 is 2.80 bits per heavy atom. The molecule has 0 spiro atoms. The van der Waals surface area contributed by atoms with Gasteiger partial charge in [-0.25, -0.2) is 0 Å². The van der Waals surface area contributed by atoms with E-state index in [4.69, 9.17) is 14.5 Å². The average Bonchev–Trinajstić information content (AvgIpc) is 3.10. The summed E-state index contributed by atoms with van der Waals surface area (Å²) in [5.74, 6) is 1.55. The lowest BCUT2D eigenvalue weighted by Crippen LogP contribution is -2.35. The van der Waals surface area contributed by atoms with Gasteiger partial charge in [0.1, 0.15) is 0 Å². The maximum Gasteiger partial charge on any atom is 0.163 e. The molecule has 0 bridgehead atoms. The first-order valence-corrected chi connectivity index (χ1v) is 9.43. The largest absolute Gasteiger partial charge is 0.493 e. The SMILES string of the molecule is CCOc1cc2nc3c(c(NC4CCNCC4)c2cc1OC)CCC3. The van der Waals surface area contributed by atoms with Crippen molar-refractivity contribution in [1.82, 2.24) is 10.3 Å². The number of pyridine rings is 1. The van der Waals surface area contributed by atoms with Crippen LogP contribution in [0.3, 0.4) is 0 Å². The van der Waals surface area contributed by atoms with Crippen LogP contribution >= 0.6 is 0 Å². The molecular formula is C20H27N3O2. The minimum Gasteiger partial charge on any atom is -0.493 e. The van der Waals surface area contributed by atoms with Crippen LogP contribution in [0.5, 0.6) is 11.5 Å². The molecule has 1 saturated heterocycles. The van der Waals surface area contributed by atoms with Gasteiger partial charge in [0, 0.05) is 28.9 Å². The summed E-state index contributed by atoms with van der Waals surface area (Å²) in [7, 11) is 1.70. The van der Waals surface area contributed by atoms with Crippen LogP contribution < -0.4 is 20.1 Å². The Morgan fingerprint density at radius 2 is 2.04 bits per heavy atom. The fraction of sp³-hybridized carbons (Fsp3) is 0.550. The van der Waals surface area contributed by atoms with Crippen molar-refractivity contribution in [3.05, 3.63) is 23.4 Å². The van der Waals surface area contributed by atoms with Crippen LogP contribution in [0.1, 0.15) is 37.4 Å². The molecule has 0 amide bonds. The van der Waals surface area contributed by atoms with E-state index in [1.807, 2.05) is 13.0 Å². The molecular weight excluding hydrogens is 314 g/mol. The van der Waals surface area contributed by atoms with Gasteiger partial charge >= 0.3 is 0 Å². The Morgan fingerprint density at radius 1 is 1.20 bits per heavy atom. The van der Waals surface area contributed by atoms with Gasteiger partial charge in [-0.3, -0.25) is 4.98 Å². The predicted octanol–water partition coefficient (Wildman–Crippen LogP) is 3.29. The zero-order chi connectivity index (χ0) is 17.2. The number of piperidine rings is 1. The Hall–Kier alpha value is -2.01. The highest BCUT2D eigenvalue weighted by atomic mass is 16.5. The monoisotopic (exact) mass is 341 g/mol. The number of aryl methyl sites for hydroxylation is 1. The van der Waals surface area contributed by atoms with E-state index in [-0.39, 0.29) is 0 Å².